The lowest BCUT2D eigenvalue weighted by Crippen LogP contribution is -2.49. The van der Waals surface area contributed by atoms with Crippen LogP contribution >= 0.6 is 0 Å². The summed E-state index contributed by atoms with van der Waals surface area (Å²) in [4.78, 5) is 12.6. The number of hydrogen-bond donors (Lipinski definition) is 3. The molecule has 0 spiro atoms. The summed E-state index contributed by atoms with van der Waals surface area (Å²) in [5.41, 5.74) is 7.42. The Morgan fingerprint density at radius 1 is 1.21 bits per heavy atom. The first-order chi connectivity index (χ1) is 11.6. The van der Waals surface area contributed by atoms with E-state index in [1.807, 2.05) is 6.07 Å². The first-order valence-electron chi connectivity index (χ1n) is 9.37. The number of amides is 1. The van der Waals surface area contributed by atoms with E-state index in [9.17, 15) is 4.79 Å². The van der Waals surface area contributed by atoms with Crippen molar-refractivity contribution in [2.75, 3.05) is 6.54 Å². The van der Waals surface area contributed by atoms with E-state index in [1.165, 1.54) is 5.56 Å². The van der Waals surface area contributed by atoms with Crippen LogP contribution < -0.4 is 16.4 Å². The van der Waals surface area contributed by atoms with Crippen molar-refractivity contribution < 1.29 is 4.79 Å². The van der Waals surface area contributed by atoms with E-state index in [2.05, 4.69) is 48.7 Å². The molecular formula is C20H33N3O. The summed E-state index contributed by atoms with van der Waals surface area (Å²) in [6.45, 7) is 6.01. The van der Waals surface area contributed by atoms with Gasteiger partial charge >= 0.3 is 0 Å². The molecule has 4 nitrogen and oxygen atoms in total. The van der Waals surface area contributed by atoms with Gasteiger partial charge in [0.25, 0.3) is 0 Å². The molecule has 0 bridgehead atoms. The minimum Gasteiger partial charge on any atom is -0.352 e. The van der Waals surface area contributed by atoms with Crippen LogP contribution in [-0.4, -0.2) is 24.5 Å². The summed E-state index contributed by atoms with van der Waals surface area (Å²) < 4.78 is 0. The van der Waals surface area contributed by atoms with Crippen LogP contribution in [0.1, 0.15) is 51.5 Å². The second kappa shape index (κ2) is 9.80. The van der Waals surface area contributed by atoms with Gasteiger partial charge in [-0.15, -0.1) is 0 Å². The van der Waals surface area contributed by atoms with Crippen LogP contribution in [-0.2, 0) is 11.3 Å². The predicted octanol–water partition coefficient (Wildman–Crippen LogP) is 2.82. The van der Waals surface area contributed by atoms with Crippen LogP contribution in [0.2, 0.25) is 0 Å². The van der Waals surface area contributed by atoms with E-state index >= 15 is 0 Å². The molecule has 4 heteroatoms. The Bertz CT molecular complexity index is 489. The SMILES string of the molecule is CC(C)CC(CNCc1ccccc1)NC(=O)[C@@H]1CCCC[C@@H]1N. The molecule has 1 aromatic carbocycles. The van der Waals surface area contributed by atoms with E-state index in [1.54, 1.807) is 0 Å². The van der Waals surface area contributed by atoms with Crippen molar-refractivity contribution in [3.63, 3.8) is 0 Å². The molecule has 0 saturated heterocycles. The van der Waals surface area contributed by atoms with Crippen LogP contribution in [0.3, 0.4) is 0 Å². The maximum absolute atomic E-state index is 12.6. The molecule has 1 unspecified atom stereocenters. The molecule has 1 aliphatic carbocycles. The zero-order valence-electron chi connectivity index (χ0n) is 15.1. The molecule has 134 valence electrons. The second-order valence-electron chi connectivity index (χ2n) is 7.51. The van der Waals surface area contributed by atoms with Crippen LogP contribution in [0.4, 0.5) is 0 Å². The maximum Gasteiger partial charge on any atom is 0.224 e. The van der Waals surface area contributed by atoms with Crippen LogP contribution in [0.15, 0.2) is 30.3 Å². The largest absolute Gasteiger partial charge is 0.352 e. The van der Waals surface area contributed by atoms with E-state index in [0.717, 1.165) is 45.2 Å². The summed E-state index contributed by atoms with van der Waals surface area (Å²) >= 11 is 0. The first kappa shape index (κ1) is 18.9. The zero-order chi connectivity index (χ0) is 17.4. The molecule has 1 amide bonds. The van der Waals surface area contributed by atoms with Gasteiger partial charge in [0.05, 0.1) is 5.92 Å². The molecule has 1 saturated carbocycles. The Labute approximate surface area is 146 Å². The fourth-order valence-corrected chi connectivity index (χ4v) is 3.54. The summed E-state index contributed by atoms with van der Waals surface area (Å²) in [6.07, 6.45) is 5.15. The molecule has 0 radical (unpaired) electrons. The second-order valence-corrected chi connectivity index (χ2v) is 7.51. The van der Waals surface area contributed by atoms with E-state index < -0.39 is 0 Å². The van der Waals surface area contributed by atoms with Gasteiger partial charge in [-0.2, -0.15) is 0 Å². The highest BCUT2D eigenvalue weighted by Crippen LogP contribution is 2.23. The summed E-state index contributed by atoms with van der Waals surface area (Å²) in [5, 5.41) is 6.73. The Morgan fingerprint density at radius 3 is 2.58 bits per heavy atom. The quantitative estimate of drug-likeness (QED) is 0.686. The van der Waals surface area contributed by atoms with Gasteiger partial charge in [-0.1, -0.05) is 57.0 Å². The first-order valence-corrected chi connectivity index (χ1v) is 9.37. The minimum atomic E-state index is -0.0115. The lowest BCUT2D eigenvalue weighted by atomic mass is 9.84. The average Bonchev–Trinajstić information content (AvgIpc) is 2.55. The number of carbonyl (C=O) groups is 1. The number of benzene rings is 1. The highest BCUT2D eigenvalue weighted by molar-refractivity contribution is 5.79. The molecule has 4 N–H and O–H groups in total. The highest BCUT2D eigenvalue weighted by atomic mass is 16.2. The Morgan fingerprint density at radius 2 is 1.92 bits per heavy atom. The van der Waals surface area contributed by atoms with Gasteiger partial charge in [0.15, 0.2) is 0 Å². The molecule has 0 heterocycles. The Kier molecular flexibility index (Phi) is 7.73. The Hall–Kier alpha value is -1.39. The zero-order valence-corrected chi connectivity index (χ0v) is 15.1. The Balaban J connectivity index is 1.84. The minimum absolute atomic E-state index is 0.0115. The molecule has 24 heavy (non-hydrogen) atoms. The van der Waals surface area contributed by atoms with E-state index in [4.69, 9.17) is 5.73 Å². The number of nitrogens with two attached hydrogens (primary N) is 1. The van der Waals surface area contributed by atoms with E-state index in [-0.39, 0.29) is 23.9 Å². The molecule has 1 fully saturated rings. The molecule has 0 aliphatic heterocycles. The van der Waals surface area contributed by atoms with Crippen molar-refractivity contribution in [2.45, 2.75) is 64.6 Å². The number of rotatable bonds is 8. The molecular weight excluding hydrogens is 298 g/mol. The van der Waals surface area contributed by atoms with Crippen molar-refractivity contribution in [1.82, 2.24) is 10.6 Å². The average molecular weight is 332 g/mol. The number of carbonyl (C=O) groups excluding carboxylic acids is 1. The fourth-order valence-electron chi connectivity index (χ4n) is 3.54. The van der Waals surface area contributed by atoms with Gasteiger partial charge in [0.2, 0.25) is 5.91 Å². The summed E-state index contributed by atoms with van der Waals surface area (Å²) in [5.74, 6) is 0.686. The van der Waals surface area contributed by atoms with Crippen molar-refractivity contribution in [1.29, 1.82) is 0 Å². The normalized spacial score (nSPS) is 22.3. The third kappa shape index (κ3) is 6.25. The van der Waals surface area contributed by atoms with Gasteiger partial charge < -0.3 is 16.4 Å². The highest BCUT2D eigenvalue weighted by Gasteiger charge is 2.29. The summed E-state index contributed by atoms with van der Waals surface area (Å²) in [6, 6.07) is 10.5. The molecule has 2 rings (SSSR count). The smallest absolute Gasteiger partial charge is 0.224 e. The fraction of sp³-hybridized carbons (Fsp3) is 0.650. The van der Waals surface area contributed by atoms with Crippen molar-refractivity contribution >= 4 is 5.91 Å². The third-order valence-corrected chi connectivity index (χ3v) is 4.82. The lowest BCUT2D eigenvalue weighted by molar-refractivity contribution is -0.127. The van der Waals surface area contributed by atoms with E-state index in [0.29, 0.717) is 5.92 Å². The number of nitrogens with one attached hydrogen (secondary N) is 2. The lowest BCUT2D eigenvalue weighted by Gasteiger charge is -2.30. The van der Waals surface area contributed by atoms with Crippen molar-refractivity contribution in [2.24, 2.45) is 17.6 Å². The van der Waals surface area contributed by atoms with Gasteiger partial charge in [-0.25, -0.2) is 0 Å². The molecule has 1 aliphatic rings. The van der Waals surface area contributed by atoms with Gasteiger partial charge in [0.1, 0.15) is 0 Å². The summed E-state index contributed by atoms with van der Waals surface area (Å²) in [7, 11) is 0. The van der Waals surface area contributed by atoms with Crippen molar-refractivity contribution in [3.05, 3.63) is 35.9 Å². The standard InChI is InChI=1S/C20H33N3O/c1-15(2)12-17(14-22-13-16-8-4-3-5-9-16)23-20(24)18-10-6-7-11-19(18)21/h3-5,8-9,15,17-19,22H,6-7,10-14,21H2,1-2H3,(H,23,24)/t17?,18-,19+/m1/s1. The van der Waals surface area contributed by atoms with Crippen LogP contribution in [0.25, 0.3) is 0 Å². The molecule has 1 aromatic rings. The van der Waals surface area contributed by atoms with Gasteiger partial charge in [-0.05, 0) is 30.7 Å². The van der Waals surface area contributed by atoms with Crippen LogP contribution in [0.5, 0.6) is 0 Å². The maximum atomic E-state index is 12.6. The number of hydrogen-bond acceptors (Lipinski definition) is 3. The van der Waals surface area contributed by atoms with Crippen molar-refractivity contribution in [3.8, 4) is 0 Å². The van der Waals surface area contributed by atoms with Gasteiger partial charge in [0, 0.05) is 25.2 Å². The molecule has 3 atom stereocenters. The third-order valence-electron chi connectivity index (χ3n) is 4.82. The molecule has 0 aromatic heterocycles. The van der Waals surface area contributed by atoms with Gasteiger partial charge in [-0.3, -0.25) is 4.79 Å². The monoisotopic (exact) mass is 331 g/mol. The topological polar surface area (TPSA) is 67.1 Å². The predicted molar refractivity (Wildman–Crippen MR) is 99.5 cm³/mol. The van der Waals surface area contributed by atoms with Crippen LogP contribution in [0, 0.1) is 11.8 Å².